The van der Waals surface area contributed by atoms with Gasteiger partial charge in [-0.15, -0.1) is 0 Å². The van der Waals surface area contributed by atoms with Crippen LogP contribution < -0.4 is 4.74 Å². The van der Waals surface area contributed by atoms with Crippen molar-refractivity contribution in [2.45, 2.75) is 6.92 Å². The van der Waals surface area contributed by atoms with Crippen molar-refractivity contribution in [1.29, 1.82) is 0 Å². The number of benzene rings is 2. The topological polar surface area (TPSA) is 59.2 Å². The van der Waals surface area contributed by atoms with E-state index < -0.39 is 5.97 Å². The molecule has 0 saturated carbocycles. The number of hydrogen-bond acceptors (Lipinski definition) is 3. The highest BCUT2D eigenvalue weighted by Gasteiger charge is 2.22. The summed E-state index contributed by atoms with van der Waals surface area (Å²) in [6.07, 6.45) is 0. The third-order valence-electron chi connectivity index (χ3n) is 3.30. The van der Waals surface area contributed by atoms with Crippen molar-refractivity contribution >= 4 is 45.9 Å². The Kier molecular flexibility index (Phi) is 4.11. The molecule has 0 spiro atoms. The molecule has 0 aliphatic rings. The molecule has 3 aromatic rings. The molecule has 1 heterocycles. The number of carbonyl (C=O) groups is 2. The quantitative estimate of drug-likeness (QED) is 0.555. The summed E-state index contributed by atoms with van der Waals surface area (Å²) < 4.78 is 5.24. The van der Waals surface area contributed by atoms with Gasteiger partial charge >= 0.3 is 5.97 Å². The van der Waals surface area contributed by atoms with Crippen molar-refractivity contribution < 1.29 is 14.3 Å². The molecular weight excluding hydrogens is 337 g/mol. The number of aromatic nitrogens is 1. The summed E-state index contributed by atoms with van der Waals surface area (Å²) in [6, 6.07) is 11.9. The number of halogens is 2. The van der Waals surface area contributed by atoms with Crippen LogP contribution in [-0.2, 0) is 4.79 Å². The van der Waals surface area contributed by atoms with E-state index in [9.17, 15) is 9.59 Å². The first kappa shape index (κ1) is 15.6. The Morgan fingerprint density at radius 1 is 1.04 bits per heavy atom. The van der Waals surface area contributed by atoms with Crippen LogP contribution in [0.25, 0.3) is 10.9 Å². The summed E-state index contributed by atoms with van der Waals surface area (Å²) in [5.41, 5.74) is 1.22. The molecule has 1 aromatic heterocycles. The molecule has 3 rings (SSSR count). The van der Waals surface area contributed by atoms with Gasteiger partial charge < -0.3 is 9.72 Å². The fourth-order valence-electron chi connectivity index (χ4n) is 2.31. The molecule has 0 radical (unpaired) electrons. The van der Waals surface area contributed by atoms with Crippen LogP contribution in [0.2, 0.25) is 10.0 Å². The lowest BCUT2D eigenvalue weighted by atomic mass is 10.1. The zero-order chi connectivity index (χ0) is 16.6. The van der Waals surface area contributed by atoms with E-state index in [-0.39, 0.29) is 17.2 Å². The maximum atomic E-state index is 12.7. The fraction of sp³-hybridized carbons (Fsp3) is 0.0588. The van der Waals surface area contributed by atoms with Gasteiger partial charge in [0.15, 0.2) is 5.75 Å². The van der Waals surface area contributed by atoms with Crippen LogP contribution in [0.4, 0.5) is 0 Å². The zero-order valence-corrected chi connectivity index (χ0v) is 13.5. The monoisotopic (exact) mass is 347 g/mol. The molecule has 0 unspecified atom stereocenters. The van der Waals surface area contributed by atoms with Gasteiger partial charge in [0.2, 0.25) is 5.78 Å². The Labute approximate surface area is 142 Å². The first-order valence-corrected chi connectivity index (χ1v) is 7.52. The average Bonchev–Trinajstić information content (AvgIpc) is 2.85. The number of nitrogens with one attached hydrogen (secondary N) is 1. The van der Waals surface area contributed by atoms with E-state index in [4.69, 9.17) is 27.9 Å². The van der Waals surface area contributed by atoms with E-state index in [2.05, 4.69) is 4.98 Å². The SMILES string of the molecule is CC(=O)Oc1c(C(=O)c2ccccc2)[nH]c2cc(Cl)c(Cl)cc12. The Morgan fingerprint density at radius 2 is 1.70 bits per heavy atom. The van der Waals surface area contributed by atoms with Crippen molar-refractivity contribution in [2.75, 3.05) is 0 Å². The zero-order valence-electron chi connectivity index (χ0n) is 12.0. The normalized spacial score (nSPS) is 10.7. The molecule has 0 aliphatic carbocycles. The molecule has 0 aliphatic heterocycles. The van der Waals surface area contributed by atoms with E-state index >= 15 is 0 Å². The minimum Gasteiger partial charge on any atom is -0.424 e. The number of rotatable bonds is 3. The van der Waals surface area contributed by atoms with Crippen molar-refractivity contribution in [2.24, 2.45) is 0 Å². The van der Waals surface area contributed by atoms with Crippen LogP contribution in [0, 0.1) is 0 Å². The highest BCUT2D eigenvalue weighted by atomic mass is 35.5. The predicted octanol–water partition coefficient (Wildman–Crippen LogP) is 4.63. The van der Waals surface area contributed by atoms with E-state index in [0.717, 1.165) is 0 Å². The van der Waals surface area contributed by atoms with Gasteiger partial charge in [-0.3, -0.25) is 9.59 Å². The second-order valence-electron chi connectivity index (χ2n) is 4.93. The van der Waals surface area contributed by atoms with Crippen LogP contribution >= 0.6 is 23.2 Å². The molecule has 0 amide bonds. The second-order valence-corrected chi connectivity index (χ2v) is 5.74. The van der Waals surface area contributed by atoms with Gasteiger partial charge in [0.1, 0.15) is 5.69 Å². The van der Waals surface area contributed by atoms with E-state index in [1.165, 1.54) is 6.92 Å². The molecule has 0 bridgehead atoms. The smallest absolute Gasteiger partial charge is 0.308 e. The molecule has 23 heavy (non-hydrogen) atoms. The lowest BCUT2D eigenvalue weighted by Gasteiger charge is -2.04. The van der Waals surface area contributed by atoms with Gasteiger partial charge in [-0.1, -0.05) is 53.5 Å². The van der Waals surface area contributed by atoms with Crippen molar-refractivity contribution in [3.63, 3.8) is 0 Å². The summed E-state index contributed by atoms with van der Waals surface area (Å²) in [7, 11) is 0. The lowest BCUT2D eigenvalue weighted by Crippen LogP contribution is -2.08. The number of hydrogen-bond donors (Lipinski definition) is 1. The Bertz CT molecular complexity index is 916. The standard InChI is InChI=1S/C17H11Cl2NO3/c1-9(21)23-17-11-7-12(18)13(19)8-14(11)20-15(17)16(22)10-5-3-2-4-6-10/h2-8,20H,1H3. The highest BCUT2D eigenvalue weighted by molar-refractivity contribution is 6.43. The molecule has 116 valence electrons. The number of fused-ring (bicyclic) bond motifs is 1. The van der Waals surface area contributed by atoms with Crippen LogP contribution in [0.1, 0.15) is 23.0 Å². The van der Waals surface area contributed by atoms with E-state index in [1.54, 1.807) is 36.4 Å². The first-order valence-electron chi connectivity index (χ1n) is 6.76. The second kappa shape index (κ2) is 6.07. The van der Waals surface area contributed by atoms with Gasteiger partial charge in [-0.25, -0.2) is 0 Å². The molecule has 0 fully saturated rings. The Balaban J connectivity index is 2.23. The maximum Gasteiger partial charge on any atom is 0.308 e. The number of carbonyl (C=O) groups excluding carboxylic acids is 2. The summed E-state index contributed by atoms with van der Waals surface area (Å²) in [5, 5.41) is 1.17. The largest absolute Gasteiger partial charge is 0.424 e. The number of ketones is 1. The summed E-state index contributed by atoms with van der Waals surface area (Å²) in [5.74, 6) is -0.663. The summed E-state index contributed by atoms with van der Waals surface area (Å²) in [4.78, 5) is 27.1. The number of esters is 1. The Morgan fingerprint density at radius 3 is 2.35 bits per heavy atom. The van der Waals surface area contributed by atoms with Crippen LogP contribution in [0.5, 0.6) is 5.75 Å². The minimum atomic E-state index is -0.529. The first-order chi connectivity index (χ1) is 11.0. The van der Waals surface area contributed by atoms with E-state index in [1.807, 2.05) is 6.07 Å². The van der Waals surface area contributed by atoms with Crippen LogP contribution in [0.15, 0.2) is 42.5 Å². The van der Waals surface area contributed by atoms with Crippen LogP contribution in [-0.4, -0.2) is 16.7 Å². The molecule has 0 atom stereocenters. The van der Waals surface area contributed by atoms with Gasteiger partial charge in [0.25, 0.3) is 0 Å². The number of ether oxygens (including phenoxy) is 1. The van der Waals surface area contributed by atoms with Crippen LogP contribution in [0.3, 0.4) is 0 Å². The average molecular weight is 348 g/mol. The lowest BCUT2D eigenvalue weighted by molar-refractivity contribution is -0.131. The molecule has 2 aromatic carbocycles. The van der Waals surface area contributed by atoms with Gasteiger partial charge in [0.05, 0.1) is 15.6 Å². The molecular formula is C17H11Cl2NO3. The Hall–Kier alpha value is -2.30. The maximum absolute atomic E-state index is 12.7. The summed E-state index contributed by atoms with van der Waals surface area (Å²) in [6.45, 7) is 1.27. The molecule has 1 N–H and O–H groups in total. The fourth-order valence-corrected chi connectivity index (χ4v) is 2.64. The van der Waals surface area contributed by atoms with Gasteiger partial charge in [0, 0.05) is 17.9 Å². The number of H-pyrrole nitrogens is 1. The number of aromatic amines is 1. The van der Waals surface area contributed by atoms with Gasteiger partial charge in [-0.2, -0.15) is 0 Å². The molecule has 0 saturated heterocycles. The van der Waals surface area contributed by atoms with Crippen molar-refractivity contribution in [3.8, 4) is 5.75 Å². The van der Waals surface area contributed by atoms with Crippen molar-refractivity contribution in [1.82, 2.24) is 4.98 Å². The highest BCUT2D eigenvalue weighted by Crippen LogP contribution is 2.36. The van der Waals surface area contributed by atoms with Gasteiger partial charge in [-0.05, 0) is 12.1 Å². The molecule has 6 heteroatoms. The summed E-state index contributed by atoms with van der Waals surface area (Å²) >= 11 is 12.0. The van der Waals surface area contributed by atoms with Crippen molar-refractivity contribution in [3.05, 3.63) is 63.8 Å². The third kappa shape index (κ3) is 2.96. The molecule has 4 nitrogen and oxygen atoms in total. The third-order valence-corrected chi connectivity index (χ3v) is 4.02. The minimum absolute atomic E-state index is 0.153. The van der Waals surface area contributed by atoms with E-state index in [0.29, 0.717) is 26.5 Å². The predicted molar refractivity (Wildman–Crippen MR) is 89.5 cm³/mol.